The molecule has 0 aliphatic rings. The zero-order chi connectivity index (χ0) is 12.1. The normalized spacial score (nSPS) is 12.6. The standard InChI is InChI=1S/C13H18BrNO/c1-9(2)10(3)15-13(16)8-11-4-6-12(14)7-5-11/h4-7,9-10H,8H2,1-3H3,(H,15,16). The van der Waals surface area contributed by atoms with E-state index in [4.69, 9.17) is 0 Å². The number of hydrogen-bond acceptors (Lipinski definition) is 1. The molecular weight excluding hydrogens is 266 g/mol. The summed E-state index contributed by atoms with van der Waals surface area (Å²) in [6, 6.07) is 8.05. The lowest BCUT2D eigenvalue weighted by Crippen LogP contribution is -2.37. The second-order valence-corrected chi connectivity index (χ2v) is 5.32. The van der Waals surface area contributed by atoms with E-state index in [9.17, 15) is 4.79 Å². The Morgan fingerprint density at radius 1 is 1.25 bits per heavy atom. The van der Waals surface area contributed by atoms with E-state index in [1.807, 2.05) is 31.2 Å². The quantitative estimate of drug-likeness (QED) is 0.904. The number of halogens is 1. The van der Waals surface area contributed by atoms with Crippen LogP contribution in [0.4, 0.5) is 0 Å². The second-order valence-electron chi connectivity index (χ2n) is 4.40. The Hall–Kier alpha value is -0.830. The minimum absolute atomic E-state index is 0.0866. The zero-order valence-corrected chi connectivity index (χ0v) is 11.5. The molecule has 0 heterocycles. The molecule has 0 saturated heterocycles. The van der Waals surface area contributed by atoms with Gasteiger partial charge in [0.05, 0.1) is 6.42 Å². The Balaban J connectivity index is 2.48. The van der Waals surface area contributed by atoms with Crippen LogP contribution in [0.15, 0.2) is 28.7 Å². The fourth-order valence-corrected chi connectivity index (χ4v) is 1.52. The SMILES string of the molecule is CC(C)C(C)NC(=O)Cc1ccc(Br)cc1. The molecular formula is C13H18BrNO. The first-order valence-electron chi connectivity index (χ1n) is 5.53. The Morgan fingerprint density at radius 3 is 2.31 bits per heavy atom. The largest absolute Gasteiger partial charge is 0.353 e. The van der Waals surface area contributed by atoms with Crippen LogP contribution in [-0.2, 0) is 11.2 Å². The third-order valence-corrected chi connectivity index (χ3v) is 3.20. The van der Waals surface area contributed by atoms with E-state index in [1.165, 1.54) is 0 Å². The summed E-state index contributed by atoms with van der Waals surface area (Å²) in [7, 11) is 0. The van der Waals surface area contributed by atoms with Gasteiger partial charge in [0.2, 0.25) is 5.91 Å². The van der Waals surface area contributed by atoms with Gasteiger partial charge in [-0.15, -0.1) is 0 Å². The molecule has 0 aliphatic carbocycles. The van der Waals surface area contributed by atoms with Gasteiger partial charge in [-0.3, -0.25) is 4.79 Å². The van der Waals surface area contributed by atoms with Gasteiger partial charge in [-0.05, 0) is 30.5 Å². The number of amides is 1. The highest BCUT2D eigenvalue weighted by Crippen LogP contribution is 2.11. The molecule has 0 aliphatic heterocycles. The molecule has 1 unspecified atom stereocenters. The van der Waals surface area contributed by atoms with Crippen LogP contribution in [0.5, 0.6) is 0 Å². The number of rotatable bonds is 4. The molecule has 1 aromatic rings. The van der Waals surface area contributed by atoms with Gasteiger partial charge < -0.3 is 5.32 Å². The average Bonchev–Trinajstić information content (AvgIpc) is 2.21. The van der Waals surface area contributed by atoms with E-state index >= 15 is 0 Å². The maximum Gasteiger partial charge on any atom is 0.224 e. The molecule has 16 heavy (non-hydrogen) atoms. The number of carbonyl (C=O) groups is 1. The third-order valence-electron chi connectivity index (χ3n) is 2.67. The Labute approximate surface area is 106 Å². The number of benzene rings is 1. The fourth-order valence-electron chi connectivity index (χ4n) is 1.26. The van der Waals surface area contributed by atoms with Crippen LogP contribution in [0.25, 0.3) is 0 Å². The van der Waals surface area contributed by atoms with Crippen molar-refractivity contribution in [2.75, 3.05) is 0 Å². The summed E-state index contributed by atoms with van der Waals surface area (Å²) in [4.78, 5) is 11.7. The first-order chi connectivity index (χ1) is 7.49. The van der Waals surface area contributed by atoms with Gasteiger partial charge in [0.25, 0.3) is 0 Å². The van der Waals surface area contributed by atoms with Crippen molar-refractivity contribution in [3.05, 3.63) is 34.3 Å². The minimum atomic E-state index is 0.0866. The zero-order valence-electron chi connectivity index (χ0n) is 9.96. The van der Waals surface area contributed by atoms with Crippen LogP contribution in [0.3, 0.4) is 0 Å². The second kappa shape index (κ2) is 6.04. The van der Waals surface area contributed by atoms with E-state index in [2.05, 4.69) is 35.1 Å². The van der Waals surface area contributed by atoms with Gasteiger partial charge in [-0.1, -0.05) is 41.9 Å². The molecule has 0 bridgehead atoms. The summed E-state index contributed by atoms with van der Waals surface area (Å²) in [6.45, 7) is 6.24. The average molecular weight is 284 g/mol. The van der Waals surface area contributed by atoms with E-state index in [1.54, 1.807) is 0 Å². The summed E-state index contributed by atoms with van der Waals surface area (Å²) in [5.41, 5.74) is 1.04. The van der Waals surface area contributed by atoms with Crippen LogP contribution in [0.2, 0.25) is 0 Å². The van der Waals surface area contributed by atoms with Gasteiger partial charge in [-0.2, -0.15) is 0 Å². The molecule has 88 valence electrons. The fraction of sp³-hybridized carbons (Fsp3) is 0.462. The highest BCUT2D eigenvalue weighted by atomic mass is 79.9. The molecule has 0 radical (unpaired) electrons. The van der Waals surface area contributed by atoms with Crippen molar-refractivity contribution in [1.82, 2.24) is 5.32 Å². The van der Waals surface area contributed by atoms with Crippen molar-refractivity contribution in [2.45, 2.75) is 33.2 Å². The van der Waals surface area contributed by atoms with Crippen LogP contribution >= 0.6 is 15.9 Å². The molecule has 0 saturated carbocycles. The van der Waals surface area contributed by atoms with Crippen molar-refractivity contribution >= 4 is 21.8 Å². The molecule has 0 spiro atoms. The van der Waals surface area contributed by atoms with Crippen molar-refractivity contribution in [2.24, 2.45) is 5.92 Å². The number of nitrogens with one attached hydrogen (secondary N) is 1. The predicted octanol–water partition coefficient (Wildman–Crippen LogP) is 3.15. The van der Waals surface area contributed by atoms with Gasteiger partial charge in [-0.25, -0.2) is 0 Å². The molecule has 1 amide bonds. The first-order valence-corrected chi connectivity index (χ1v) is 6.32. The molecule has 1 aromatic carbocycles. The maximum atomic E-state index is 11.7. The van der Waals surface area contributed by atoms with Crippen LogP contribution in [0.1, 0.15) is 26.3 Å². The lowest BCUT2D eigenvalue weighted by atomic mass is 10.1. The molecule has 0 aromatic heterocycles. The number of hydrogen-bond donors (Lipinski definition) is 1. The molecule has 1 rings (SSSR count). The van der Waals surface area contributed by atoms with Crippen molar-refractivity contribution in [3.8, 4) is 0 Å². The highest BCUT2D eigenvalue weighted by molar-refractivity contribution is 9.10. The summed E-state index contributed by atoms with van der Waals surface area (Å²) in [5, 5.41) is 2.99. The first kappa shape index (κ1) is 13.2. The predicted molar refractivity (Wildman–Crippen MR) is 70.3 cm³/mol. The van der Waals surface area contributed by atoms with E-state index in [0.717, 1.165) is 10.0 Å². The Morgan fingerprint density at radius 2 is 1.81 bits per heavy atom. The van der Waals surface area contributed by atoms with Gasteiger partial charge >= 0.3 is 0 Å². The monoisotopic (exact) mass is 283 g/mol. The summed E-state index contributed by atoms with van der Waals surface area (Å²) in [6.07, 6.45) is 0.449. The Bertz CT molecular complexity index is 345. The molecule has 1 atom stereocenters. The van der Waals surface area contributed by atoms with Crippen LogP contribution in [-0.4, -0.2) is 11.9 Å². The van der Waals surface area contributed by atoms with E-state index in [-0.39, 0.29) is 11.9 Å². The van der Waals surface area contributed by atoms with Gasteiger partial charge in [0, 0.05) is 10.5 Å². The molecule has 0 fully saturated rings. The van der Waals surface area contributed by atoms with Gasteiger partial charge in [0.15, 0.2) is 0 Å². The van der Waals surface area contributed by atoms with E-state index in [0.29, 0.717) is 12.3 Å². The lowest BCUT2D eigenvalue weighted by Gasteiger charge is -2.17. The Kier molecular flexibility index (Phi) is 5.00. The molecule has 1 N–H and O–H groups in total. The van der Waals surface area contributed by atoms with Crippen LogP contribution in [0, 0.1) is 5.92 Å². The smallest absolute Gasteiger partial charge is 0.224 e. The summed E-state index contributed by atoms with van der Waals surface area (Å²) >= 11 is 3.37. The molecule has 3 heteroatoms. The van der Waals surface area contributed by atoms with Crippen molar-refractivity contribution < 1.29 is 4.79 Å². The van der Waals surface area contributed by atoms with Crippen LogP contribution < -0.4 is 5.32 Å². The van der Waals surface area contributed by atoms with Crippen molar-refractivity contribution in [3.63, 3.8) is 0 Å². The summed E-state index contributed by atoms with van der Waals surface area (Å²) < 4.78 is 1.03. The lowest BCUT2D eigenvalue weighted by molar-refractivity contribution is -0.121. The topological polar surface area (TPSA) is 29.1 Å². The number of carbonyl (C=O) groups excluding carboxylic acids is 1. The molecule has 2 nitrogen and oxygen atoms in total. The van der Waals surface area contributed by atoms with E-state index < -0.39 is 0 Å². The van der Waals surface area contributed by atoms with Gasteiger partial charge in [0.1, 0.15) is 0 Å². The summed E-state index contributed by atoms with van der Waals surface area (Å²) in [5.74, 6) is 0.553. The maximum absolute atomic E-state index is 11.7. The highest BCUT2D eigenvalue weighted by Gasteiger charge is 2.10. The van der Waals surface area contributed by atoms with Crippen molar-refractivity contribution in [1.29, 1.82) is 0 Å². The third kappa shape index (κ3) is 4.35. The minimum Gasteiger partial charge on any atom is -0.353 e.